The van der Waals surface area contributed by atoms with Crippen molar-refractivity contribution in [3.63, 3.8) is 0 Å². The SMILES string of the molecule is Cc1cc(N=C(N)c2cccs2)ccc1N1CCN(C(=O)NCCCCC2CCSS2)CC1. The Morgan fingerprint density at radius 3 is 2.76 bits per heavy atom. The Morgan fingerprint density at radius 2 is 2.06 bits per heavy atom. The first-order valence-electron chi connectivity index (χ1n) is 11.6. The number of anilines is 1. The van der Waals surface area contributed by atoms with E-state index in [-0.39, 0.29) is 6.03 Å². The molecule has 9 heteroatoms. The van der Waals surface area contributed by atoms with Gasteiger partial charge in [0.25, 0.3) is 0 Å². The fraction of sp³-hybridized carbons (Fsp3) is 0.500. The van der Waals surface area contributed by atoms with Gasteiger partial charge >= 0.3 is 6.03 Å². The van der Waals surface area contributed by atoms with Crippen LogP contribution in [0.15, 0.2) is 40.7 Å². The van der Waals surface area contributed by atoms with Crippen LogP contribution in [0.25, 0.3) is 0 Å². The van der Waals surface area contributed by atoms with Crippen molar-refractivity contribution in [2.45, 2.75) is 37.9 Å². The lowest BCUT2D eigenvalue weighted by Crippen LogP contribution is -2.52. The molecule has 178 valence electrons. The third-order valence-corrected chi connectivity index (χ3v) is 9.97. The van der Waals surface area contributed by atoms with Crippen molar-refractivity contribution < 1.29 is 4.79 Å². The second-order valence-electron chi connectivity index (χ2n) is 8.48. The van der Waals surface area contributed by atoms with E-state index in [0.29, 0.717) is 5.84 Å². The monoisotopic (exact) mass is 503 g/mol. The summed E-state index contributed by atoms with van der Waals surface area (Å²) in [6, 6.07) is 10.3. The Labute approximate surface area is 208 Å². The number of amidine groups is 1. The number of aryl methyl sites for hydroxylation is 1. The second kappa shape index (κ2) is 12.0. The summed E-state index contributed by atoms with van der Waals surface area (Å²) in [5.41, 5.74) is 9.37. The van der Waals surface area contributed by atoms with E-state index >= 15 is 0 Å². The van der Waals surface area contributed by atoms with Crippen LogP contribution in [0.2, 0.25) is 0 Å². The van der Waals surface area contributed by atoms with E-state index in [2.05, 4.69) is 34.3 Å². The predicted octanol–water partition coefficient (Wildman–Crippen LogP) is 5.25. The molecule has 0 spiro atoms. The molecule has 2 amide bonds. The number of urea groups is 1. The number of rotatable bonds is 8. The number of benzene rings is 1. The van der Waals surface area contributed by atoms with Gasteiger partial charge in [-0.2, -0.15) is 0 Å². The molecule has 0 radical (unpaired) electrons. The van der Waals surface area contributed by atoms with Gasteiger partial charge in [0.2, 0.25) is 0 Å². The Bertz CT molecular complexity index is 936. The van der Waals surface area contributed by atoms with Crippen LogP contribution in [0.4, 0.5) is 16.2 Å². The van der Waals surface area contributed by atoms with Gasteiger partial charge in [-0.1, -0.05) is 34.1 Å². The van der Waals surface area contributed by atoms with E-state index in [1.54, 1.807) is 11.3 Å². The number of thiophene rings is 1. The van der Waals surface area contributed by atoms with Gasteiger partial charge in [-0.15, -0.1) is 11.3 Å². The maximum atomic E-state index is 12.5. The van der Waals surface area contributed by atoms with Gasteiger partial charge in [0, 0.05) is 49.4 Å². The Kier molecular flexibility index (Phi) is 8.86. The highest BCUT2D eigenvalue weighted by Crippen LogP contribution is 2.39. The topological polar surface area (TPSA) is 74.0 Å². The number of unbranched alkanes of at least 4 members (excludes halogenated alkanes) is 1. The van der Waals surface area contributed by atoms with Crippen LogP contribution in [0.5, 0.6) is 0 Å². The van der Waals surface area contributed by atoms with Crippen molar-refractivity contribution in [1.29, 1.82) is 0 Å². The summed E-state index contributed by atoms with van der Waals surface area (Å²) in [5.74, 6) is 1.84. The standard InChI is InChI=1S/C24H33N5OS3/c1-18-17-19(27-23(25)22-6-4-15-31-22)7-8-21(18)28-11-13-29(14-12-28)24(30)26-10-3-2-5-20-9-16-32-33-20/h4,6-8,15,17,20H,2-3,5,9-14,16H2,1H3,(H2,25,27)(H,26,30). The predicted molar refractivity (Wildman–Crippen MR) is 145 cm³/mol. The maximum Gasteiger partial charge on any atom is 0.317 e. The number of nitrogens with zero attached hydrogens (tertiary/aromatic N) is 3. The largest absolute Gasteiger partial charge is 0.383 e. The molecule has 2 aromatic rings. The summed E-state index contributed by atoms with van der Waals surface area (Å²) in [4.78, 5) is 22.4. The molecule has 3 heterocycles. The number of piperazine rings is 1. The molecule has 2 aliphatic rings. The molecule has 1 atom stereocenters. The fourth-order valence-corrected chi connectivity index (χ4v) is 7.86. The highest BCUT2D eigenvalue weighted by molar-refractivity contribution is 8.77. The van der Waals surface area contributed by atoms with Crippen LogP contribution < -0.4 is 16.0 Å². The zero-order valence-corrected chi connectivity index (χ0v) is 21.6. The minimum atomic E-state index is 0.0749. The van der Waals surface area contributed by atoms with Gasteiger partial charge in [0.1, 0.15) is 5.84 Å². The van der Waals surface area contributed by atoms with Gasteiger partial charge in [0.15, 0.2) is 0 Å². The quantitative estimate of drug-likeness (QED) is 0.223. The molecule has 6 nitrogen and oxygen atoms in total. The Balaban J connectivity index is 1.21. The van der Waals surface area contributed by atoms with E-state index in [0.717, 1.165) is 55.0 Å². The lowest BCUT2D eigenvalue weighted by atomic mass is 10.1. The molecule has 4 rings (SSSR count). The van der Waals surface area contributed by atoms with Crippen molar-refractivity contribution in [2.75, 3.05) is 43.4 Å². The number of aliphatic imine (C=N–C) groups is 1. The average molecular weight is 504 g/mol. The summed E-state index contributed by atoms with van der Waals surface area (Å²) in [7, 11) is 4.03. The second-order valence-corrected chi connectivity index (χ2v) is 12.2. The van der Waals surface area contributed by atoms with Gasteiger partial charge in [-0.3, -0.25) is 0 Å². The molecule has 1 aromatic carbocycles. The molecule has 3 N–H and O–H groups in total. The van der Waals surface area contributed by atoms with Crippen molar-refractivity contribution in [1.82, 2.24) is 10.2 Å². The normalized spacial score (nSPS) is 19.2. The zero-order chi connectivity index (χ0) is 23.0. The Morgan fingerprint density at radius 1 is 1.21 bits per heavy atom. The zero-order valence-electron chi connectivity index (χ0n) is 19.2. The summed E-state index contributed by atoms with van der Waals surface area (Å²) >= 11 is 1.59. The first kappa shape index (κ1) is 24.3. The molecule has 33 heavy (non-hydrogen) atoms. The third kappa shape index (κ3) is 6.83. The molecule has 1 unspecified atom stereocenters. The minimum absolute atomic E-state index is 0.0749. The van der Waals surface area contributed by atoms with E-state index < -0.39 is 0 Å². The lowest BCUT2D eigenvalue weighted by molar-refractivity contribution is 0.194. The molecule has 2 saturated heterocycles. The molecular weight excluding hydrogens is 470 g/mol. The van der Waals surface area contributed by atoms with E-state index in [1.807, 2.05) is 50.1 Å². The third-order valence-electron chi connectivity index (χ3n) is 6.07. The van der Waals surface area contributed by atoms with E-state index in [9.17, 15) is 4.79 Å². The van der Waals surface area contributed by atoms with E-state index in [4.69, 9.17) is 5.73 Å². The summed E-state index contributed by atoms with van der Waals surface area (Å²) in [6.07, 6.45) is 4.88. The van der Waals surface area contributed by atoms with Gasteiger partial charge in [0.05, 0.1) is 10.6 Å². The minimum Gasteiger partial charge on any atom is -0.383 e. The van der Waals surface area contributed by atoms with Crippen molar-refractivity contribution in [2.24, 2.45) is 10.7 Å². The molecule has 2 fully saturated rings. The fourth-order valence-electron chi connectivity index (χ4n) is 4.20. The summed E-state index contributed by atoms with van der Waals surface area (Å²) < 4.78 is 0. The van der Waals surface area contributed by atoms with Crippen LogP contribution in [-0.4, -0.2) is 60.5 Å². The van der Waals surface area contributed by atoms with Gasteiger partial charge in [-0.05, 0) is 61.4 Å². The lowest BCUT2D eigenvalue weighted by Gasteiger charge is -2.36. The van der Waals surface area contributed by atoms with Crippen LogP contribution in [0.1, 0.15) is 36.1 Å². The van der Waals surface area contributed by atoms with Crippen LogP contribution in [0.3, 0.4) is 0 Å². The van der Waals surface area contributed by atoms with Crippen molar-refractivity contribution >= 4 is 56.2 Å². The smallest absolute Gasteiger partial charge is 0.317 e. The molecule has 0 bridgehead atoms. The average Bonchev–Trinajstić information content (AvgIpc) is 3.54. The number of hydrogen-bond acceptors (Lipinski definition) is 6. The van der Waals surface area contributed by atoms with E-state index in [1.165, 1.54) is 36.3 Å². The van der Waals surface area contributed by atoms with Gasteiger partial charge < -0.3 is 20.9 Å². The van der Waals surface area contributed by atoms with Crippen LogP contribution in [-0.2, 0) is 0 Å². The first-order valence-corrected chi connectivity index (χ1v) is 14.9. The number of nitrogens with one attached hydrogen (secondary N) is 1. The summed E-state index contributed by atoms with van der Waals surface area (Å²) in [6.45, 7) is 6.05. The van der Waals surface area contributed by atoms with Crippen LogP contribution >= 0.6 is 32.9 Å². The van der Waals surface area contributed by atoms with Crippen molar-refractivity contribution in [3.8, 4) is 0 Å². The number of carbonyl (C=O) groups excluding carboxylic acids is 1. The Hall–Kier alpha value is -1.84. The molecular formula is C24H33N5OS3. The van der Waals surface area contributed by atoms with Gasteiger partial charge in [-0.25, -0.2) is 9.79 Å². The number of nitrogens with two attached hydrogens (primary N) is 1. The number of hydrogen-bond donors (Lipinski definition) is 2. The molecule has 1 aromatic heterocycles. The van der Waals surface area contributed by atoms with Crippen molar-refractivity contribution in [3.05, 3.63) is 46.2 Å². The highest BCUT2D eigenvalue weighted by Gasteiger charge is 2.22. The highest BCUT2D eigenvalue weighted by atomic mass is 33.1. The molecule has 0 aliphatic carbocycles. The molecule has 0 saturated carbocycles. The van der Waals surface area contributed by atoms with Crippen LogP contribution in [0, 0.1) is 6.92 Å². The summed E-state index contributed by atoms with van der Waals surface area (Å²) in [5, 5.41) is 5.93. The number of amides is 2. The molecule has 2 aliphatic heterocycles. The number of carbonyl (C=O) groups is 1. The maximum absolute atomic E-state index is 12.5. The first-order chi connectivity index (χ1) is 16.1.